The summed E-state index contributed by atoms with van der Waals surface area (Å²) in [6.07, 6.45) is 7.36. The van der Waals surface area contributed by atoms with Crippen molar-refractivity contribution in [1.29, 1.82) is 0 Å². The fraction of sp³-hybridized carbons (Fsp3) is 0.905. The van der Waals surface area contributed by atoms with Gasteiger partial charge in [0, 0.05) is 0 Å². The van der Waals surface area contributed by atoms with E-state index in [1.54, 1.807) is 0 Å². The Balaban J connectivity index is 1.46. The zero-order chi connectivity index (χ0) is 18.8. The molecule has 3 fully saturated rings. The smallest absolute Gasteiger partial charge is 0.189 e. The summed E-state index contributed by atoms with van der Waals surface area (Å²) < 4.78 is 24.2. The first kappa shape index (κ1) is 20.3. The molecule has 1 N–H and O–H groups in total. The lowest BCUT2D eigenvalue weighted by Gasteiger charge is -2.45. The Morgan fingerprint density at radius 2 is 2.00 bits per heavy atom. The van der Waals surface area contributed by atoms with Gasteiger partial charge in [0.15, 0.2) is 6.29 Å². The lowest BCUT2D eigenvalue weighted by atomic mass is 9.87. The van der Waals surface area contributed by atoms with E-state index in [0.29, 0.717) is 25.7 Å². The van der Waals surface area contributed by atoms with E-state index in [2.05, 4.69) is 33.8 Å². The van der Waals surface area contributed by atoms with Crippen LogP contribution in [-0.4, -0.2) is 54.6 Å². The molecule has 0 amide bonds. The highest BCUT2D eigenvalue weighted by molar-refractivity contribution is 5.04. The summed E-state index contributed by atoms with van der Waals surface area (Å²) in [7, 11) is 0. The van der Waals surface area contributed by atoms with Gasteiger partial charge in [0.2, 0.25) is 0 Å². The molecule has 0 spiro atoms. The predicted molar refractivity (Wildman–Crippen MR) is 100.0 cm³/mol. The van der Waals surface area contributed by atoms with Crippen molar-refractivity contribution in [3.8, 4) is 0 Å². The monoisotopic (exact) mass is 368 g/mol. The number of fused-ring (bicyclic) bond motifs is 2. The SMILES string of the molecule is CC(C)=CCC(O)C(C)CCCC1(C)OCC2(C3OCCO3)CCC1O2. The summed E-state index contributed by atoms with van der Waals surface area (Å²) in [6.45, 7) is 10.3. The molecule has 0 saturated carbocycles. The summed E-state index contributed by atoms with van der Waals surface area (Å²) in [5, 5.41) is 10.3. The van der Waals surface area contributed by atoms with Crippen LogP contribution in [0.2, 0.25) is 0 Å². The molecule has 3 saturated heterocycles. The molecule has 5 nitrogen and oxygen atoms in total. The van der Waals surface area contributed by atoms with E-state index in [4.69, 9.17) is 18.9 Å². The molecule has 5 heteroatoms. The van der Waals surface area contributed by atoms with E-state index >= 15 is 0 Å². The first-order valence-corrected chi connectivity index (χ1v) is 10.2. The van der Waals surface area contributed by atoms with Gasteiger partial charge in [-0.05, 0) is 58.8 Å². The minimum Gasteiger partial charge on any atom is -0.393 e. The van der Waals surface area contributed by atoms with Crippen LogP contribution < -0.4 is 0 Å². The molecule has 5 unspecified atom stereocenters. The third kappa shape index (κ3) is 4.33. The Kier molecular flexibility index (Phi) is 6.45. The number of aliphatic hydroxyl groups is 1. The van der Waals surface area contributed by atoms with E-state index in [0.717, 1.165) is 38.5 Å². The zero-order valence-corrected chi connectivity index (χ0v) is 16.8. The lowest BCUT2D eigenvalue weighted by Crippen LogP contribution is -2.57. The topological polar surface area (TPSA) is 57.2 Å². The van der Waals surface area contributed by atoms with Crippen molar-refractivity contribution in [2.24, 2.45) is 5.92 Å². The summed E-state index contributed by atoms with van der Waals surface area (Å²) >= 11 is 0. The fourth-order valence-electron chi connectivity index (χ4n) is 4.39. The summed E-state index contributed by atoms with van der Waals surface area (Å²) in [5.41, 5.74) is 0.606. The predicted octanol–water partition coefficient (Wildman–Crippen LogP) is 3.59. The molecule has 0 radical (unpaired) electrons. The van der Waals surface area contributed by atoms with Crippen molar-refractivity contribution < 1.29 is 24.1 Å². The van der Waals surface area contributed by atoms with Crippen LogP contribution >= 0.6 is 0 Å². The van der Waals surface area contributed by atoms with Gasteiger partial charge in [0.25, 0.3) is 0 Å². The minimum atomic E-state index is -0.408. The molecule has 0 aromatic rings. The van der Waals surface area contributed by atoms with E-state index in [1.807, 2.05) is 0 Å². The van der Waals surface area contributed by atoms with Crippen LogP contribution in [0.3, 0.4) is 0 Å². The van der Waals surface area contributed by atoms with Gasteiger partial charge >= 0.3 is 0 Å². The van der Waals surface area contributed by atoms with Crippen molar-refractivity contribution in [3.63, 3.8) is 0 Å². The van der Waals surface area contributed by atoms with Crippen LogP contribution in [0, 0.1) is 5.92 Å². The van der Waals surface area contributed by atoms with E-state index in [-0.39, 0.29) is 24.1 Å². The minimum absolute atomic E-state index is 0.106. The lowest BCUT2D eigenvalue weighted by molar-refractivity contribution is -0.295. The quantitative estimate of drug-likeness (QED) is 0.664. The standard InChI is InChI=1S/C21H36O5/c1-15(2)7-8-17(22)16(3)6-5-10-20(4)18-9-11-21(26-18,14-25-20)19-23-12-13-24-19/h7,16-19,22H,5-6,8-14H2,1-4H3. The molecule has 2 bridgehead atoms. The molecule has 26 heavy (non-hydrogen) atoms. The number of aliphatic hydroxyl groups excluding tert-OH is 1. The number of hydrogen-bond acceptors (Lipinski definition) is 5. The molecule has 5 atom stereocenters. The van der Waals surface area contributed by atoms with Crippen LogP contribution in [0.4, 0.5) is 0 Å². The third-order valence-corrected chi connectivity index (χ3v) is 6.34. The maximum Gasteiger partial charge on any atom is 0.189 e. The second-order valence-corrected chi connectivity index (χ2v) is 8.84. The van der Waals surface area contributed by atoms with Crippen molar-refractivity contribution in [2.75, 3.05) is 19.8 Å². The number of rotatable bonds is 8. The number of hydrogen-bond donors (Lipinski definition) is 1. The Morgan fingerprint density at radius 1 is 1.27 bits per heavy atom. The molecule has 0 aromatic carbocycles. The van der Waals surface area contributed by atoms with Gasteiger partial charge in [-0.2, -0.15) is 0 Å². The first-order chi connectivity index (χ1) is 12.3. The van der Waals surface area contributed by atoms with E-state index in [9.17, 15) is 5.11 Å². The molecule has 3 rings (SSSR count). The van der Waals surface area contributed by atoms with E-state index in [1.165, 1.54) is 5.57 Å². The van der Waals surface area contributed by atoms with Crippen molar-refractivity contribution >= 4 is 0 Å². The summed E-state index contributed by atoms with van der Waals surface area (Å²) in [6, 6.07) is 0. The van der Waals surface area contributed by atoms with Crippen LogP contribution in [-0.2, 0) is 18.9 Å². The van der Waals surface area contributed by atoms with Crippen molar-refractivity contribution in [1.82, 2.24) is 0 Å². The molecule has 150 valence electrons. The highest BCUT2D eigenvalue weighted by Crippen LogP contribution is 2.47. The number of allylic oxidation sites excluding steroid dienone is 1. The van der Waals surface area contributed by atoms with Gasteiger partial charge in [-0.25, -0.2) is 0 Å². The van der Waals surface area contributed by atoms with Gasteiger partial charge in [-0.15, -0.1) is 0 Å². The van der Waals surface area contributed by atoms with Crippen LogP contribution in [0.15, 0.2) is 11.6 Å². The molecule has 0 aliphatic carbocycles. The Bertz CT molecular complexity index is 497. The van der Waals surface area contributed by atoms with Gasteiger partial charge in [-0.3, -0.25) is 0 Å². The Hall–Kier alpha value is -0.460. The highest BCUT2D eigenvalue weighted by atomic mass is 16.7. The van der Waals surface area contributed by atoms with Crippen molar-refractivity contribution in [3.05, 3.63) is 11.6 Å². The largest absolute Gasteiger partial charge is 0.393 e. The van der Waals surface area contributed by atoms with Crippen LogP contribution in [0.25, 0.3) is 0 Å². The molecule has 3 aliphatic heterocycles. The summed E-state index contributed by atoms with van der Waals surface area (Å²) in [5.74, 6) is 0.293. The third-order valence-electron chi connectivity index (χ3n) is 6.34. The average Bonchev–Trinajstić information content (AvgIpc) is 3.26. The molecular weight excluding hydrogens is 332 g/mol. The maximum absolute atomic E-state index is 10.3. The fourth-order valence-corrected chi connectivity index (χ4v) is 4.39. The molecular formula is C21H36O5. The van der Waals surface area contributed by atoms with Gasteiger partial charge in [-0.1, -0.05) is 25.0 Å². The molecule has 3 heterocycles. The zero-order valence-electron chi connectivity index (χ0n) is 16.8. The van der Waals surface area contributed by atoms with Gasteiger partial charge < -0.3 is 24.1 Å². The first-order valence-electron chi connectivity index (χ1n) is 10.2. The van der Waals surface area contributed by atoms with E-state index < -0.39 is 5.60 Å². The second kappa shape index (κ2) is 8.27. The van der Waals surface area contributed by atoms with Gasteiger partial charge in [0.1, 0.15) is 5.60 Å². The molecule has 0 aromatic heterocycles. The highest BCUT2D eigenvalue weighted by Gasteiger charge is 2.58. The second-order valence-electron chi connectivity index (χ2n) is 8.84. The van der Waals surface area contributed by atoms with Crippen molar-refractivity contribution in [2.45, 2.75) is 95.9 Å². The normalized spacial score (nSPS) is 36.9. The molecule has 3 aliphatic rings. The Morgan fingerprint density at radius 3 is 2.69 bits per heavy atom. The maximum atomic E-state index is 10.3. The Labute approximate surface area is 158 Å². The van der Waals surface area contributed by atoms with Crippen LogP contribution in [0.1, 0.15) is 66.2 Å². The number of ether oxygens (including phenoxy) is 4. The van der Waals surface area contributed by atoms with Gasteiger partial charge in [0.05, 0.1) is 37.6 Å². The summed E-state index contributed by atoms with van der Waals surface area (Å²) in [4.78, 5) is 0. The average molecular weight is 369 g/mol. The van der Waals surface area contributed by atoms with Crippen LogP contribution in [0.5, 0.6) is 0 Å².